The van der Waals surface area contributed by atoms with Crippen LogP contribution in [0, 0.1) is 0 Å². The van der Waals surface area contributed by atoms with Gasteiger partial charge in [-0.1, -0.05) is 0 Å². The standard InChI is InChI=1S/C12H19N3O3S/c1-12(17)4-3-6-15(7-5-12)10-8(11(16)18-2)9(13)14-19-10/h17H,3-7H2,1-2H3,(H2,13,14). The van der Waals surface area contributed by atoms with Gasteiger partial charge in [0.25, 0.3) is 0 Å². The minimum absolute atomic E-state index is 0.211. The molecule has 0 amide bonds. The minimum atomic E-state index is -0.642. The number of methoxy groups -OCH3 is 1. The molecule has 1 aliphatic heterocycles. The SMILES string of the molecule is COC(=O)c1c(N)nsc1N1CCCC(C)(O)CC1. The van der Waals surface area contributed by atoms with E-state index in [1.54, 1.807) is 0 Å². The van der Waals surface area contributed by atoms with Crippen molar-refractivity contribution in [2.45, 2.75) is 31.8 Å². The van der Waals surface area contributed by atoms with Crippen molar-refractivity contribution in [2.24, 2.45) is 0 Å². The van der Waals surface area contributed by atoms with Crippen molar-refractivity contribution in [3.63, 3.8) is 0 Å². The maximum absolute atomic E-state index is 11.8. The molecule has 1 aromatic heterocycles. The Bertz CT molecular complexity index is 473. The fraction of sp³-hybridized carbons (Fsp3) is 0.667. The monoisotopic (exact) mass is 285 g/mol. The number of aromatic nitrogens is 1. The summed E-state index contributed by atoms with van der Waals surface area (Å²) < 4.78 is 8.79. The molecule has 0 bridgehead atoms. The first-order chi connectivity index (χ1) is 8.94. The van der Waals surface area contributed by atoms with Crippen LogP contribution >= 0.6 is 11.5 Å². The summed E-state index contributed by atoms with van der Waals surface area (Å²) in [5.41, 5.74) is 5.44. The van der Waals surface area contributed by atoms with Crippen molar-refractivity contribution in [1.29, 1.82) is 0 Å². The van der Waals surface area contributed by atoms with Crippen LogP contribution in [0.25, 0.3) is 0 Å². The van der Waals surface area contributed by atoms with Gasteiger partial charge in [0.05, 0.1) is 12.7 Å². The number of carbonyl (C=O) groups is 1. The Morgan fingerprint density at radius 2 is 2.26 bits per heavy atom. The van der Waals surface area contributed by atoms with E-state index in [0.717, 1.165) is 24.4 Å². The summed E-state index contributed by atoms with van der Waals surface area (Å²) in [5.74, 6) is -0.250. The Kier molecular flexibility index (Phi) is 3.96. The Balaban J connectivity index is 2.25. The second-order valence-corrected chi connectivity index (χ2v) is 5.83. The van der Waals surface area contributed by atoms with Crippen LogP contribution in [-0.4, -0.2) is 41.2 Å². The lowest BCUT2D eigenvalue weighted by Crippen LogP contribution is -2.28. The van der Waals surface area contributed by atoms with Gasteiger partial charge >= 0.3 is 5.97 Å². The first kappa shape index (κ1) is 14.1. The minimum Gasteiger partial charge on any atom is -0.465 e. The van der Waals surface area contributed by atoms with Crippen LogP contribution in [-0.2, 0) is 4.74 Å². The second kappa shape index (κ2) is 5.34. The first-order valence-electron chi connectivity index (χ1n) is 6.25. The van der Waals surface area contributed by atoms with E-state index in [1.807, 2.05) is 6.92 Å². The van der Waals surface area contributed by atoms with Crippen molar-refractivity contribution in [2.75, 3.05) is 30.8 Å². The molecule has 106 valence electrons. The lowest BCUT2D eigenvalue weighted by molar-refractivity contribution is 0.0481. The summed E-state index contributed by atoms with van der Waals surface area (Å²) in [7, 11) is 1.33. The van der Waals surface area contributed by atoms with Gasteiger partial charge in [0.2, 0.25) is 0 Å². The van der Waals surface area contributed by atoms with Gasteiger partial charge in [-0.05, 0) is 37.7 Å². The van der Waals surface area contributed by atoms with E-state index in [2.05, 4.69) is 9.27 Å². The fourth-order valence-electron chi connectivity index (χ4n) is 2.27. The van der Waals surface area contributed by atoms with E-state index >= 15 is 0 Å². The number of carbonyl (C=O) groups excluding carboxylic acids is 1. The zero-order valence-corrected chi connectivity index (χ0v) is 12.0. The van der Waals surface area contributed by atoms with Gasteiger partial charge < -0.3 is 20.5 Å². The summed E-state index contributed by atoms with van der Waals surface area (Å²) in [6.07, 6.45) is 2.28. The van der Waals surface area contributed by atoms with Crippen LogP contribution in [0.15, 0.2) is 0 Å². The number of rotatable bonds is 2. The van der Waals surface area contributed by atoms with Gasteiger partial charge in [0.1, 0.15) is 10.6 Å². The Labute approximate surface area is 116 Å². The van der Waals surface area contributed by atoms with Crippen molar-refractivity contribution >= 4 is 28.3 Å². The molecule has 7 heteroatoms. The van der Waals surface area contributed by atoms with Crippen LogP contribution in [0.4, 0.5) is 10.8 Å². The third-order valence-electron chi connectivity index (χ3n) is 3.44. The van der Waals surface area contributed by atoms with Crippen molar-refractivity contribution in [3.8, 4) is 0 Å². The van der Waals surface area contributed by atoms with Gasteiger partial charge in [-0.15, -0.1) is 0 Å². The van der Waals surface area contributed by atoms with Crippen LogP contribution in [0.3, 0.4) is 0 Å². The molecule has 0 aromatic carbocycles. The number of hydrogen-bond acceptors (Lipinski definition) is 7. The first-order valence-corrected chi connectivity index (χ1v) is 7.03. The molecule has 1 atom stereocenters. The molecular formula is C12H19N3O3S. The summed E-state index contributed by atoms with van der Waals surface area (Å²) >= 11 is 1.20. The van der Waals surface area contributed by atoms with E-state index in [0.29, 0.717) is 18.5 Å². The van der Waals surface area contributed by atoms with E-state index in [-0.39, 0.29) is 5.82 Å². The van der Waals surface area contributed by atoms with Gasteiger partial charge in [0, 0.05) is 13.1 Å². The highest BCUT2D eigenvalue weighted by atomic mass is 32.1. The van der Waals surface area contributed by atoms with Crippen LogP contribution in [0.2, 0.25) is 0 Å². The Morgan fingerprint density at radius 3 is 2.95 bits per heavy atom. The second-order valence-electron chi connectivity index (χ2n) is 5.08. The molecule has 2 heterocycles. The number of nitrogens with two attached hydrogens (primary N) is 1. The lowest BCUT2D eigenvalue weighted by atomic mass is 9.98. The normalized spacial score (nSPS) is 24.1. The smallest absolute Gasteiger partial charge is 0.344 e. The Hall–Kier alpha value is -1.34. The molecule has 2 rings (SSSR count). The summed E-state index contributed by atoms with van der Waals surface area (Å²) in [6.45, 7) is 3.30. The zero-order chi connectivity index (χ0) is 14.0. The van der Waals surface area contributed by atoms with Crippen molar-refractivity contribution in [1.82, 2.24) is 4.37 Å². The third kappa shape index (κ3) is 2.98. The maximum atomic E-state index is 11.8. The van der Waals surface area contributed by atoms with Crippen LogP contribution in [0.1, 0.15) is 36.5 Å². The van der Waals surface area contributed by atoms with Gasteiger partial charge in [0.15, 0.2) is 5.82 Å². The molecule has 1 unspecified atom stereocenters. The van der Waals surface area contributed by atoms with E-state index in [1.165, 1.54) is 18.6 Å². The number of esters is 1. The highest BCUT2D eigenvalue weighted by Crippen LogP contribution is 2.34. The number of anilines is 2. The quantitative estimate of drug-likeness (QED) is 0.795. The van der Waals surface area contributed by atoms with Gasteiger partial charge in [-0.3, -0.25) is 0 Å². The number of nitrogen functional groups attached to an aromatic ring is 1. The van der Waals surface area contributed by atoms with Crippen LogP contribution in [0.5, 0.6) is 0 Å². The molecule has 1 aromatic rings. The predicted molar refractivity (Wildman–Crippen MR) is 74.6 cm³/mol. The highest BCUT2D eigenvalue weighted by molar-refractivity contribution is 7.11. The molecular weight excluding hydrogens is 266 g/mol. The van der Waals surface area contributed by atoms with Crippen molar-refractivity contribution < 1.29 is 14.6 Å². The van der Waals surface area contributed by atoms with E-state index in [4.69, 9.17) is 10.5 Å². The topological polar surface area (TPSA) is 88.7 Å². The molecule has 1 aliphatic rings. The highest BCUT2D eigenvalue weighted by Gasteiger charge is 2.29. The molecule has 0 spiro atoms. The molecule has 6 nitrogen and oxygen atoms in total. The van der Waals surface area contributed by atoms with E-state index in [9.17, 15) is 9.90 Å². The molecule has 0 aliphatic carbocycles. The molecule has 0 saturated carbocycles. The van der Waals surface area contributed by atoms with Crippen LogP contribution < -0.4 is 10.6 Å². The lowest BCUT2D eigenvalue weighted by Gasteiger charge is -2.23. The molecule has 1 fully saturated rings. The number of ether oxygens (including phenoxy) is 1. The molecule has 3 N–H and O–H groups in total. The largest absolute Gasteiger partial charge is 0.465 e. The predicted octanol–water partition coefficient (Wildman–Crippen LogP) is 1.25. The summed E-state index contributed by atoms with van der Waals surface area (Å²) in [6, 6.07) is 0. The number of aliphatic hydroxyl groups is 1. The summed E-state index contributed by atoms with van der Waals surface area (Å²) in [5, 5.41) is 10.8. The average Bonchev–Trinajstić information content (AvgIpc) is 2.64. The molecule has 1 saturated heterocycles. The van der Waals surface area contributed by atoms with Crippen molar-refractivity contribution in [3.05, 3.63) is 5.56 Å². The number of nitrogens with zero attached hydrogens (tertiary/aromatic N) is 2. The summed E-state index contributed by atoms with van der Waals surface area (Å²) in [4.78, 5) is 13.8. The van der Waals surface area contributed by atoms with Gasteiger partial charge in [-0.2, -0.15) is 4.37 Å². The Morgan fingerprint density at radius 1 is 1.53 bits per heavy atom. The van der Waals surface area contributed by atoms with E-state index < -0.39 is 11.6 Å². The average molecular weight is 285 g/mol. The molecule has 19 heavy (non-hydrogen) atoms. The maximum Gasteiger partial charge on any atom is 0.344 e. The third-order valence-corrected chi connectivity index (χ3v) is 4.36. The molecule has 0 radical (unpaired) electrons. The number of hydrogen-bond donors (Lipinski definition) is 2. The fourth-order valence-corrected chi connectivity index (χ4v) is 3.12. The van der Waals surface area contributed by atoms with Gasteiger partial charge in [-0.25, -0.2) is 4.79 Å². The zero-order valence-electron chi connectivity index (χ0n) is 11.2.